The zero-order chi connectivity index (χ0) is 20.4. The molecule has 0 saturated carbocycles. The van der Waals surface area contributed by atoms with Crippen LogP contribution in [-0.4, -0.2) is 20.7 Å². The number of carbonyl (C=O) groups excluding carboxylic acids is 1. The third kappa shape index (κ3) is 3.73. The summed E-state index contributed by atoms with van der Waals surface area (Å²) in [7, 11) is 0. The minimum atomic E-state index is -1.24. The number of para-hydroxylation sites is 1. The molecule has 2 heterocycles. The van der Waals surface area contributed by atoms with Gasteiger partial charge >= 0.3 is 0 Å². The first kappa shape index (κ1) is 18.4. The second-order valence-electron chi connectivity index (χ2n) is 6.78. The van der Waals surface area contributed by atoms with Gasteiger partial charge in [0, 0.05) is 35.3 Å². The third-order valence-electron chi connectivity index (χ3n) is 4.68. The van der Waals surface area contributed by atoms with E-state index < -0.39 is 5.97 Å². The molecule has 4 aromatic rings. The highest BCUT2D eigenvalue weighted by molar-refractivity contribution is 5.94. The number of benzene rings is 2. The lowest BCUT2D eigenvalue weighted by Gasteiger charge is -2.16. The van der Waals surface area contributed by atoms with Crippen LogP contribution in [0.1, 0.15) is 21.5 Å². The minimum absolute atomic E-state index is 0.0843. The highest BCUT2D eigenvalue weighted by Crippen LogP contribution is 2.31. The molecule has 0 aliphatic heterocycles. The molecule has 144 valence electrons. The minimum Gasteiger partial charge on any atom is -0.545 e. The molecule has 0 aliphatic rings. The van der Waals surface area contributed by atoms with Crippen molar-refractivity contribution in [3.63, 3.8) is 0 Å². The summed E-state index contributed by atoms with van der Waals surface area (Å²) in [6, 6.07) is 18.8. The number of nitrogens with one attached hydrogen (secondary N) is 1. The Morgan fingerprint density at radius 1 is 1.00 bits per heavy atom. The normalized spacial score (nSPS) is 10.7. The number of anilines is 2. The number of carbonyl (C=O) groups is 1. The van der Waals surface area contributed by atoms with E-state index in [1.54, 1.807) is 16.9 Å². The second-order valence-corrected chi connectivity index (χ2v) is 6.78. The van der Waals surface area contributed by atoms with Gasteiger partial charge in [0.1, 0.15) is 0 Å². The molecule has 6 nitrogen and oxygen atoms in total. The van der Waals surface area contributed by atoms with Gasteiger partial charge in [-0.2, -0.15) is 5.10 Å². The monoisotopic (exact) mass is 383 g/mol. The maximum atomic E-state index is 11.5. The van der Waals surface area contributed by atoms with Crippen LogP contribution in [0.15, 0.2) is 73.1 Å². The van der Waals surface area contributed by atoms with Crippen molar-refractivity contribution >= 4 is 17.5 Å². The molecule has 0 saturated heterocycles. The molecule has 0 radical (unpaired) electrons. The predicted octanol–water partition coefficient (Wildman–Crippen LogP) is 3.66. The van der Waals surface area contributed by atoms with Crippen molar-refractivity contribution in [1.29, 1.82) is 0 Å². The number of aromatic nitrogens is 3. The summed E-state index contributed by atoms with van der Waals surface area (Å²) in [5, 5.41) is 19.3. The largest absolute Gasteiger partial charge is 0.545 e. The van der Waals surface area contributed by atoms with Crippen LogP contribution in [0.3, 0.4) is 0 Å². The summed E-state index contributed by atoms with van der Waals surface area (Å²) in [5.74, 6) is -0.519. The molecule has 0 bridgehead atoms. The first-order chi connectivity index (χ1) is 14.0. The SMILES string of the molecule is Cc1cc(Nc2ccn(-c3ccccc3)n2)cc(C)c1-c1ncccc1C(=O)[O-]. The molecule has 6 heteroatoms. The molecule has 0 unspecified atom stereocenters. The molecular formula is C23H19N4O2-. The Bertz CT molecular complexity index is 1160. The molecular weight excluding hydrogens is 364 g/mol. The predicted molar refractivity (Wildman–Crippen MR) is 110 cm³/mol. The summed E-state index contributed by atoms with van der Waals surface area (Å²) in [5.41, 5.74) is 4.97. The maximum Gasteiger partial charge on any atom is 0.152 e. The zero-order valence-electron chi connectivity index (χ0n) is 16.1. The number of hydrogen-bond donors (Lipinski definition) is 1. The molecule has 0 fully saturated rings. The number of hydrogen-bond acceptors (Lipinski definition) is 5. The molecule has 4 rings (SSSR count). The van der Waals surface area contributed by atoms with Gasteiger partial charge in [0.25, 0.3) is 0 Å². The van der Waals surface area contributed by atoms with Crippen molar-refractivity contribution in [2.75, 3.05) is 5.32 Å². The van der Waals surface area contributed by atoms with E-state index in [4.69, 9.17) is 0 Å². The number of carboxylic acids is 1. The number of aryl methyl sites for hydroxylation is 2. The quantitative estimate of drug-likeness (QED) is 0.569. The van der Waals surface area contributed by atoms with Crippen LogP contribution in [0.2, 0.25) is 0 Å². The van der Waals surface area contributed by atoms with E-state index >= 15 is 0 Å². The first-order valence-corrected chi connectivity index (χ1v) is 9.19. The van der Waals surface area contributed by atoms with E-state index in [2.05, 4.69) is 15.4 Å². The molecule has 0 spiro atoms. The number of nitrogens with zero attached hydrogens (tertiary/aromatic N) is 3. The lowest BCUT2D eigenvalue weighted by Crippen LogP contribution is -2.23. The van der Waals surface area contributed by atoms with Crippen molar-refractivity contribution in [1.82, 2.24) is 14.8 Å². The molecule has 2 aromatic heterocycles. The summed E-state index contributed by atoms with van der Waals surface area (Å²) in [6.45, 7) is 3.87. The van der Waals surface area contributed by atoms with Crippen molar-refractivity contribution < 1.29 is 9.90 Å². The summed E-state index contributed by atoms with van der Waals surface area (Å²) >= 11 is 0. The number of pyridine rings is 1. The molecule has 29 heavy (non-hydrogen) atoms. The van der Waals surface area contributed by atoms with Crippen LogP contribution >= 0.6 is 0 Å². The fraction of sp³-hybridized carbons (Fsp3) is 0.0870. The molecule has 1 N–H and O–H groups in total. The van der Waals surface area contributed by atoms with Crippen LogP contribution < -0.4 is 10.4 Å². The number of aromatic carboxylic acids is 1. The van der Waals surface area contributed by atoms with Gasteiger partial charge in [-0.1, -0.05) is 18.2 Å². The smallest absolute Gasteiger partial charge is 0.152 e. The van der Waals surface area contributed by atoms with Gasteiger partial charge in [-0.15, -0.1) is 0 Å². The van der Waals surface area contributed by atoms with Crippen LogP contribution in [0.4, 0.5) is 11.5 Å². The van der Waals surface area contributed by atoms with Crippen molar-refractivity contribution in [2.24, 2.45) is 0 Å². The van der Waals surface area contributed by atoms with E-state index in [0.717, 1.165) is 28.1 Å². The van der Waals surface area contributed by atoms with E-state index in [1.807, 2.05) is 68.6 Å². The van der Waals surface area contributed by atoms with Gasteiger partial charge < -0.3 is 15.2 Å². The molecule has 0 atom stereocenters. The molecule has 0 aliphatic carbocycles. The van der Waals surface area contributed by atoms with Gasteiger partial charge in [0.15, 0.2) is 5.82 Å². The van der Waals surface area contributed by atoms with E-state index in [9.17, 15) is 9.90 Å². The molecule has 0 amide bonds. The Kier molecular flexibility index (Phi) is 4.83. The lowest BCUT2D eigenvalue weighted by atomic mass is 9.95. The van der Waals surface area contributed by atoms with Crippen LogP contribution in [0.5, 0.6) is 0 Å². The van der Waals surface area contributed by atoms with Crippen LogP contribution in [0.25, 0.3) is 16.9 Å². The third-order valence-corrected chi connectivity index (χ3v) is 4.68. The van der Waals surface area contributed by atoms with Crippen molar-refractivity contribution in [3.05, 3.63) is 89.7 Å². The zero-order valence-corrected chi connectivity index (χ0v) is 16.1. The van der Waals surface area contributed by atoms with Crippen molar-refractivity contribution in [2.45, 2.75) is 13.8 Å². The summed E-state index contributed by atoms with van der Waals surface area (Å²) in [4.78, 5) is 15.8. The van der Waals surface area contributed by atoms with E-state index in [1.165, 1.54) is 6.07 Å². The second kappa shape index (κ2) is 7.59. The molecule has 2 aromatic carbocycles. The van der Waals surface area contributed by atoms with E-state index in [0.29, 0.717) is 11.5 Å². The Labute approximate surface area is 168 Å². The fourth-order valence-corrected chi connectivity index (χ4v) is 3.44. The standard InChI is InChI=1S/C23H20N4O2/c1-15-13-17(25-20-10-12-27(26-20)18-7-4-3-5-8-18)14-16(2)21(15)22-19(23(28)29)9-6-11-24-22/h3-14H,1-2H3,(H,25,26)(H,28,29)/p-1. The topological polar surface area (TPSA) is 82.9 Å². The Morgan fingerprint density at radius 3 is 2.41 bits per heavy atom. The van der Waals surface area contributed by atoms with Gasteiger partial charge in [0.05, 0.1) is 17.4 Å². The average molecular weight is 383 g/mol. The van der Waals surface area contributed by atoms with Gasteiger partial charge in [-0.25, -0.2) is 4.68 Å². The Balaban J connectivity index is 1.65. The summed E-state index contributed by atoms with van der Waals surface area (Å²) in [6.07, 6.45) is 3.48. The van der Waals surface area contributed by atoms with Crippen molar-refractivity contribution in [3.8, 4) is 16.9 Å². The Hall–Kier alpha value is -3.93. The lowest BCUT2D eigenvalue weighted by molar-refractivity contribution is -0.255. The fourth-order valence-electron chi connectivity index (χ4n) is 3.44. The van der Waals surface area contributed by atoms with Gasteiger partial charge in [0.2, 0.25) is 0 Å². The number of rotatable bonds is 5. The van der Waals surface area contributed by atoms with Gasteiger partial charge in [-0.3, -0.25) is 4.98 Å². The first-order valence-electron chi connectivity index (χ1n) is 9.19. The van der Waals surface area contributed by atoms with E-state index in [-0.39, 0.29) is 5.56 Å². The maximum absolute atomic E-state index is 11.5. The Morgan fingerprint density at radius 2 is 1.72 bits per heavy atom. The highest BCUT2D eigenvalue weighted by atomic mass is 16.4. The summed E-state index contributed by atoms with van der Waals surface area (Å²) < 4.78 is 1.80. The van der Waals surface area contributed by atoms with Crippen LogP contribution in [-0.2, 0) is 0 Å². The van der Waals surface area contributed by atoms with Gasteiger partial charge in [-0.05, 0) is 61.4 Å². The highest BCUT2D eigenvalue weighted by Gasteiger charge is 2.14. The van der Waals surface area contributed by atoms with Crippen LogP contribution in [0, 0.1) is 13.8 Å². The average Bonchev–Trinajstić information content (AvgIpc) is 3.17. The number of carboxylic acid groups (broad SMARTS) is 1.